The van der Waals surface area contributed by atoms with Gasteiger partial charge in [-0.2, -0.15) is 0 Å². The molecule has 0 saturated heterocycles. The molecule has 2 heteroatoms. The van der Waals surface area contributed by atoms with Gasteiger partial charge in [0.25, 0.3) is 0 Å². The first-order valence-corrected chi connectivity index (χ1v) is 6.59. The van der Waals surface area contributed by atoms with Gasteiger partial charge in [0.15, 0.2) is 0 Å². The van der Waals surface area contributed by atoms with Gasteiger partial charge in [0, 0.05) is 18.8 Å². The topological polar surface area (TPSA) is 16.1 Å². The van der Waals surface area contributed by atoms with Gasteiger partial charge in [0.05, 0.1) is 0 Å². The highest BCUT2D eigenvalue weighted by Crippen LogP contribution is 2.26. The molecular weight excluding hydrogens is 196 g/mol. The van der Waals surface area contributed by atoms with Crippen molar-refractivity contribution >= 4 is 5.82 Å². The summed E-state index contributed by atoms with van der Waals surface area (Å²) in [7, 11) is 0. The average Bonchev–Trinajstić information content (AvgIpc) is 2.38. The van der Waals surface area contributed by atoms with Crippen molar-refractivity contribution in [1.82, 2.24) is 4.98 Å². The first kappa shape index (κ1) is 11.4. The van der Waals surface area contributed by atoms with Crippen LogP contribution in [0.15, 0.2) is 24.4 Å². The molecule has 1 aromatic heterocycles. The molecule has 1 heterocycles. The molecule has 1 aliphatic rings. The average molecular weight is 218 g/mol. The molecule has 0 aromatic carbocycles. The molecule has 0 aliphatic heterocycles. The summed E-state index contributed by atoms with van der Waals surface area (Å²) in [6, 6.07) is 6.95. The van der Waals surface area contributed by atoms with Gasteiger partial charge >= 0.3 is 0 Å². The van der Waals surface area contributed by atoms with Crippen LogP contribution in [-0.2, 0) is 0 Å². The van der Waals surface area contributed by atoms with E-state index in [9.17, 15) is 0 Å². The maximum absolute atomic E-state index is 4.50. The highest BCUT2D eigenvalue weighted by atomic mass is 15.2. The van der Waals surface area contributed by atoms with Crippen molar-refractivity contribution in [1.29, 1.82) is 0 Å². The van der Waals surface area contributed by atoms with Crippen LogP contribution in [0.4, 0.5) is 5.82 Å². The molecule has 0 spiro atoms. The SMILES string of the molecule is CCCN(c1ccccn1)C1CCCCC1. The summed E-state index contributed by atoms with van der Waals surface area (Å²) in [5, 5.41) is 0. The Bertz CT molecular complexity index is 291. The third-order valence-corrected chi connectivity index (χ3v) is 3.42. The lowest BCUT2D eigenvalue weighted by molar-refractivity contribution is 0.412. The summed E-state index contributed by atoms with van der Waals surface area (Å²) >= 11 is 0. The fourth-order valence-corrected chi connectivity index (χ4v) is 2.64. The highest BCUT2D eigenvalue weighted by Gasteiger charge is 2.21. The Morgan fingerprint density at radius 2 is 2.06 bits per heavy atom. The van der Waals surface area contributed by atoms with Gasteiger partial charge in [-0.15, -0.1) is 0 Å². The second-order valence-corrected chi connectivity index (χ2v) is 4.67. The second-order valence-electron chi connectivity index (χ2n) is 4.67. The Balaban J connectivity index is 2.09. The summed E-state index contributed by atoms with van der Waals surface area (Å²) in [5.74, 6) is 1.16. The van der Waals surface area contributed by atoms with Gasteiger partial charge in [0.2, 0.25) is 0 Å². The first-order chi connectivity index (χ1) is 7.92. The van der Waals surface area contributed by atoms with Gasteiger partial charge in [-0.25, -0.2) is 4.98 Å². The van der Waals surface area contributed by atoms with Gasteiger partial charge in [0.1, 0.15) is 5.82 Å². The Morgan fingerprint density at radius 1 is 1.25 bits per heavy atom. The Morgan fingerprint density at radius 3 is 2.69 bits per heavy atom. The third kappa shape index (κ3) is 2.75. The second kappa shape index (κ2) is 5.88. The van der Waals surface area contributed by atoms with Crippen LogP contribution in [0, 0.1) is 0 Å². The molecule has 1 fully saturated rings. The molecule has 16 heavy (non-hydrogen) atoms. The van der Waals surface area contributed by atoms with E-state index < -0.39 is 0 Å². The quantitative estimate of drug-likeness (QED) is 0.767. The molecule has 0 bridgehead atoms. The number of nitrogens with zero attached hydrogens (tertiary/aromatic N) is 2. The van der Waals surface area contributed by atoms with Crippen molar-refractivity contribution < 1.29 is 0 Å². The third-order valence-electron chi connectivity index (χ3n) is 3.42. The maximum Gasteiger partial charge on any atom is 0.128 e. The molecule has 1 aliphatic carbocycles. The van der Waals surface area contributed by atoms with Crippen molar-refractivity contribution in [3.63, 3.8) is 0 Å². The molecule has 0 atom stereocenters. The molecule has 1 aromatic rings. The lowest BCUT2D eigenvalue weighted by Gasteiger charge is -2.35. The molecule has 0 unspecified atom stereocenters. The van der Waals surface area contributed by atoms with Gasteiger partial charge in [-0.1, -0.05) is 32.3 Å². The highest BCUT2D eigenvalue weighted by molar-refractivity contribution is 5.39. The van der Waals surface area contributed by atoms with E-state index in [1.807, 2.05) is 12.3 Å². The molecule has 0 N–H and O–H groups in total. The first-order valence-electron chi connectivity index (χ1n) is 6.59. The van der Waals surface area contributed by atoms with Gasteiger partial charge in [-0.3, -0.25) is 0 Å². The summed E-state index contributed by atoms with van der Waals surface area (Å²) in [6.45, 7) is 3.39. The van der Waals surface area contributed by atoms with Crippen LogP contribution in [0.3, 0.4) is 0 Å². The minimum absolute atomic E-state index is 0.726. The van der Waals surface area contributed by atoms with E-state index >= 15 is 0 Å². The molecule has 0 amide bonds. The normalized spacial score (nSPS) is 17.3. The summed E-state index contributed by atoms with van der Waals surface area (Å²) < 4.78 is 0. The monoisotopic (exact) mass is 218 g/mol. The van der Waals surface area contributed by atoms with E-state index in [1.165, 1.54) is 38.5 Å². The lowest BCUT2D eigenvalue weighted by atomic mass is 9.94. The van der Waals surface area contributed by atoms with E-state index in [-0.39, 0.29) is 0 Å². The van der Waals surface area contributed by atoms with E-state index in [0.29, 0.717) is 0 Å². The largest absolute Gasteiger partial charge is 0.354 e. The van der Waals surface area contributed by atoms with Gasteiger partial charge in [-0.05, 0) is 31.4 Å². The number of hydrogen-bond donors (Lipinski definition) is 0. The van der Waals surface area contributed by atoms with Crippen molar-refractivity contribution in [3.05, 3.63) is 24.4 Å². The summed E-state index contributed by atoms with van der Waals surface area (Å²) in [5.41, 5.74) is 0. The minimum Gasteiger partial charge on any atom is -0.354 e. The molecular formula is C14H22N2. The Labute approximate surface area is 98.7 Å². The van der Waals surface area contributed by atoms with Crippen molar-refractivity contribution in [3.8, 4) is 0 Å². The number of rotatable bonds is 4. The van der Waals surface area contributed by atoms with Crippen molar-refractivity contribution in [2.24, 2.45) is 0 Å². The van der Waals surface area contributed by atoms with Crippen molar-refractivity contribution in [2.45, 2.75) is 51.5 Å². The molecule has 1 saturated carbocycles. The number of pyridine rings is 1. The predicted octanol–water partition coefficient (Wildman–Crippen LogP) is 3.63. The smallest absolute Gasteiger partial charge is 0.128 e. The Kier molecular flexibility index (Phi) is 4.20. The van der Waals surface area contributed by atoms with Crippen molar-refractivity contribution in [2.75, 3.05) is 11.4 Å². The van der Waals surface area contributed by atoms with Crippen LogP contribution in [0.2, 0.25) is 0 Å². The summed E-state index contributed by atoms with van der Waals surface area (Å²) in [4.78, 5) is 7.01. The molecule has 88 valence electrons. The van der Waals surface area contributed by atoms with E-state index in [2.05, 4.69) is 28.9 Å². The minimum atomic E-state index is 0.726. The zero-order valence-electron chi connectivity index (χ0n) is 10.2. The van der Waals surface area contributed by atoms with Crippen LogP contribution < -0.4 is 4.90 Å². The number of aromatic nitrogens is 1. The maximum atomic E-state index is 4.50. The lowest BCUT2D eigenvalue weighted by Crippen LogP contribution is -2.37. The standard InChI is InChI=1S/C14H22N2/c1-2-12-16(13-8-4-3-5-9-13)14-10-6-7-11-15-14/h6-7,10-11,13H,2-5,8-9,12H2,1H3. The molecule has 0 radical (unpaired) electrons. The number of hydrogen-bond acceptors (Lipinski definition) is 2. The van der Waals surface area contributed by atoms with E-state index in [4.69, 9.17) is 0 Å². The van der Waals surface area contributed by atoms with Crippen LogP contribution in [0.5, 0.6) is 0 Å². The Hall–Kier alpha value is -1.05. The molecule has 2 rings (SSSR count). The molecule has 2 nitrogen and oxygen atoms in total. The van der Waals surface area contributed by atoms with E-state index in [1.54, 1.807) is 0 Å². The van der Waals surface area contributed by atoms with Crippen LogP contribution in [0.1, 0.15) is 45.4 Å². The fraction of sp³-hybridized carbons (Fsp3) is 0.643. The van der Waals surface area contributed by atoms with E-state index in [0.717, 1.165) is 18.4 Å². The van der Waals surface area contributed by atoms with Gasteiger partial charge < -0.3 is 4.90 Å². The zero-order chi connectivity index (χ0) is 11.2. The predicted molar refractivity (Wildman–Crippen MR) is 68.7 cm³/mol. The zero-order valence-corrected chi connectivity index (χ0v) is 10.2. The number of anilines is 1. The van der Waals surface area contributed by atoms with Crippen LogP contribution >= 0.6 is 0 Å². The summed E-state index contributed by atoms with van der Waals surface area (Å²) in [6.07, 6.45) is 9.98. The van der Waals surface area contributed by atoms with Crippen LogP contribution in [-0.4, -0.2) is 17.6 Å². The fourth-order valence-electron chi connectivity index (χ4n) is 2.64. The van der Waals surface area contributed by atoms with Crippen LogP contribution in [0.25, 0.3) is 0 Å².